The van der Waals surface area contributed by atoms with Crippen LogP contribution in [0.25, 0.3) is 11.0 Å². The molecule has 8 heteroatoms. The number of hydrogen-bond donors (Lipinski definition) is 0. The summed E-state index contributed by atoms with van der Waals surface area (Å²) >= 11 is 0. The van der Waals surface area contributed by atoms with E-state index in [2.05, 4.69) is 25.5 Å². The fourth-order valence-electron chi connectivity index (χ4n) is 1.56. The van der Waals surface area contributed by atoms with Gasteiger partial charge in [-0.25, -0.2) is 9.67 Å². The molecule has 0 atom stereocenters. The van der Waals surface area contributed by atoms with Crippen LogP contribution in [-0.4, -0.2) is 39.3 Å². The molecule has 114 valence electrons. The van der Waals surface area contributed by atoms with E-state index < -0.39 is 0 Å². The van der Waals surface area contributed by atoms with E-state index in [1.165, 1.54) is 0 Å². The number of hydrogen-bond acceptors (Lipinski definition) is 5. The highest BCUT2D eigenvalue weighted by Gasteiger charge is 1.95. The first kappa shape index (κ1) is 15.4. The van der Waals surface area contributed by atoms with Crippen LogP contribution in [0.1, 0.15) is 0 Å². The molecule has 1 aromatic carbocycles. The Kier molecular flexibility index (Phi) is 5.36. The lowest BCUT2D eigenvalue weighted by Crippen LogP contribution is -1.88. The molecule has 22 heavy (non-hydrogen) atoms. The molecular formula is C14H18N8. The van der Waals surface area contributed by atoms with Crippen molar-refractivity contribution < 1.29 is 0 Å². The molecule has 0 amide bonds. The maximum absolute atomic E-state index is 3.93. The summed E-state index contributed by atoms with van der Waals surface area (Å²) in [6.07, 6.45) is 8.67. The van der Waals surface area contributed by atoms with Crippen molar-refractivity contribution in [3.8, 4) is 0 Å². The molecule has 0 N–H and O–H groups in total. The maximum Gasteiger partial charge on any atom is 0.119 e. The molecule has 0 bridgehead atoms. The Morgan fingerprint density at radius 1 is 0.864 bits per heavy atom. The highest BCUT2D eigenvalue weighted by atomic mass is 15.4. The summed E-state index contributed by atoms with van der Waals surface area (Å²) in [7, 11) is 5.70. The molecule has 3 aromatic heterocycles. The van der Waals surface area contributed by atoms with Gasteiger partial charge in [-0.3, -0.25) is 0 Å². The molecule has 0 saturated heterocycles. The molecule has 0 radical (unpaired) electrons. The van der Waals surface area contributed by atoms with Gasteiger partial charge in [-0.15, -0.1) is 15.3 Å². The Morgan fingerprint density at radius 3 is 2.05 bits per heavy atom. The summed E-state index contributed by atoms with van der Waals surface area (Å²) in [6.45, 7) is 0. The monoisotopic (exact) mass is 298 g/mol. The fourth-order valence-corrected chi connectivity index (χ4v) is 1.56. The molecule has 0 aliphatic rings. The number of aryl methyl sites for hydroxylation is 3. The Hall–Kier alpha value is -3.03. The fraction of sp³-hybridized carbons (Fsp3) is 0.214. The molecule has 0 spiro atoms. The SMILES string of the molecule is Cn1ccnc1.Cn1cnnc1.Cn1nnc2ccccc21. The molecule has 4 aromatic rings. The first-order valence-corrected chi connectivity index (χ1v) is 6.62. The predicted octanol–water partition coefficient (Wildman–Crippen LogP) is 1.20. The molecule has 4 rings (SSSR count). The van der Waals surface area contributed by atoms with Crippen molar-refractivity contribution in [2.45, 2.75) is 0 Å². The third-order valence-corrected chi connectivity index (χ3v) is 2.69. The number of para-hydroxylation sites is 1. The number of nitrogens with zero attached hydrogens (tertiary/aromatic N) is 8. The molecule has 0 aliphatic carbocycles. The Labute approximate surface area is 128 Å². The van der Waals surface area contributed by atoms with Crippen molar-refractivity contribution in [1.82, 2.24) is 39.3 Å². The number of benzene rings is 1. The third-order valence-electron chi connectivity index (χ3n) is 2.69. The topological polar surface area (TPSA) is 79.2 Å². The average molecular weight is 298 g/mol. The van der Waals surface area contributed by atoms with Gasteiger partial charge in [0.05, 0.1) is 11.8 Å². The van der Waals surface area contributed by atoms with E-state index in [1.807, 2.05) is 56.2 Å². The minimum Gasteiger partial charge on any atom is -0.341 e. The smallest absolute Gasteiger partial charge is 0.119 e. The predicted molar refractivity (Wildman–Crippen MR) is 82.7 cm³/mol. The van der Waals surface area contributed by atoms with Crippen molar-refractivity contribution in [2.24, 2.45) is 21.1 Å². The summed E-state index contributed by atoms with van der Waals surface area (Å²) in [6, 6.07) is 7.88. The van der Waals surface area contributed by atoms with Gasteiger partial charge in [-0.05, 0) is 12.1 Å². The first-order valence-electron chi connectivity index (χ1n) is 6.62. The van der Waals surface area contributed by atoms with Gasteiger partial charge in [0.25, 0.3) is 0 Å². The van der Waals surface area contributed by atoms with E-state index in [-0.39, 0.29) is 0 Å². The number of fused-ring (bicyclic) bond motifs is 1. The summed E-state index contributed by atoms with van der Waals surface area (Å²) in [4.78, 5) is 3.78. The standard InChI is InChI=1S/C7H7N3.C4H6N2.C3H5N3/c1-10-7-5-3-2-4-6(7)8-9-10;1-6-3-2-5-4-6;1-6-2-4-5-3-6/h2-5H,1H3;2-4H,1H3;2-3H,1H3. The third kappa shape index (κ3) is 4.51. The van der Waals surface area contributed by atoms with Crippen LogP contribution < -0.4 is 0 Å². The van der Waals surface area contributed by atoms with Crippen molar-refractivity contribution in [3.63, 3.8) is 0 Å². The van der Waals surface area contributed by atoms with Crippen LogP contribution >= 0.6 is 0 Å². The second kappa shape index (κ2) is 7.67. The van der Waals surface area contributed by atoms with E-state index >= 15 is 0 Å². The summed E-state index contributed by atoms with van der Waals surface area (Å²) in [5.74, 6) is 0. The Balaban J connectivity index is 0.000000128. The Bertz CT molecular complexity index is 738. The van der Waals surface area contributed by atoms with Gasteiger partial charge in [0.2, 0.25) is 0 Å². The number of aromatic nitrogens is 8. The zero-order valence-corrected chi connectivity index (χ0v) is 12.8. The molecule has 3 heterocycles. The lowest BCUT2D eigenvalue weighted by Gasteiger charge is -1.87. The van der Waals surface area contributed by atoms with Crippen molar-refractivity contribution in [1.29, 1.82) is 0 Å². The van der Waals surface area contributed by atoms with E-state index in [1.54, 1.807) is 34.4 Å². The maximum atomic E-state index is 3.93. The van der Waals surface area contributed by atoms with E-state index in [4.69, 9.17) is 0 Å². The zero-order chi connectivity index (χ0) is 15.8. The van der Waals surface area contributed by atoms with Crippen molar-refractivity contribution >= 4 is 11.0 Å². The second-order valence-corrected chi connectivity index (χ2v) is 4.56. The van der Waals surface area contributed by atoms with Crippen LogP contribution in [0.2, 0.25) is 0 Å². The molecule has 8 nitrogen and oxygen atoms in total. The van der Waals surface area contributed by atoms with Crippen molar-refractivity contribution in [2.75, 3.05) is 0 Å². The minimum atomic E-state index is 0.949. The van der Waals surface area contributed by atoms with Crippen LogP contribution in [-0.2, 0) is 21.1 Å². The second-order valence-electron chi connectivity index (χ2n) is 4.56. The minimum absolute atomic E-state index is 0.949. The molecule has 0 saturated carbocycles. The van der Waals surface area contributed by atoms with Crippen LogP contribution in [0.15, 0.2) is 55.6 Å². The largest absolute Gasteiger partial charge is 0.341 e. The molecular weight excluding hydrogens is 280 g/mol. The van der Waals surface area contributed by atoms with Gasteiger partial charge < -0.3 is 9.13 Å². The van der Waals surface area contributed by atoms with Gasteiger partial charge in [-0.2, -0.15) is 0 Å². The quantitative estimate of drug-likeness (QED) is 0.487. The number of imidazole rings is 1. The van der Waals surface area contributed by atoms with Crippen LogP contribution in [0.4, 0.5) is 0 Å². The van der Waals surface area contributed by atoms with Crippen LogP contribution in [0.3, 0.4) is 0 Å². The summed E-state index contributed by atoms with van der Waals surface area (Å²) in [5, 5.41) is 14.9. The van der Waals surface area contributed by atoms with Gasteiger partial charge >= 0.3 is 0 Å². The summed E-state index contributed by atoms with van der Waals surface area (Å²) in [5.41, 5.74) is 2.02. The Morgan fingerprint density at radius 2 is 1.59 bits per heavy atom. The van der Waals surface area contributed by atoms with E-state index in [0.717, 1.165) is 11.0 Å². The molecule has 0 aliphatic heterocycles. The van der Waals surface area contributed by atoms with Gasteiger partial charge in [0, 0.05) is 33.5 Å². The average Bonchev–Trinajstić information content (AvgIpc) is 3.26. The molecule has 0 fully saturated rings. The molecule has 0 unspecified atom stereocenters. The zero-order valence-electron chi connectivity index (χ0n) is 12.8. The van der Waals surface area contributed by atoms with Crippen LogP contribution in [0, 0.1) is 0 Å². The first-order chi connectivity index (χ1) is 10.7. The van der Waals surface area contributed by atoms with E-state index in [9.17, 15) is 0 Å². The van der Waals surface area contributed by atoms with E-state index in [0.29, 0.717) is 0 Å². The van der Waals surface area contributed by atoms with Crippen molar-refractivity contribution in [3.05, 3.63) is 55.6 Å². The van der Waals surface area contributed by atoms with Gasteiger partial charge in [0.1, 0.15) is 18.2 Å². The van der Waals surface area contributed by atoms with Gasteiger partial charge in [-0.1, -0.05) is 17.3 Å². The highest BCUT2D eigenvalue weighted by molar-refractivity contribution is 5.73. The normalized spacial score (nSPS) is 9.59. The number of rotatable bonds is 0. The summed E-state index contributed by atoms with van der Waals surface area (Å²) < 4.78 is 5.43. The van der Waals surface area contributed by atoms with Crippen LogP contribution in [0.5, 0.6) is 0 Å². The lowest BCUT2D eigenvalue weighted by molar-refractivity contribution is 0.736. The van der Waals surface area contributed by atoms with Gasteiger partial charge in [0.15, 0.2) is 0 Å². The lowest BCUT2D eigenvalue weighted by atomic mass is 10.3. The highest BCUT2D eigenvalue weighted by Crippen LogP contribution is 2.06.